The van der Waals surface area contributed by atoms with Gasteiger partial charge in [-0.05, 0) is 0 Å². The van der Waals surface area contributed by atoms with Crippen LogP contribution in [-0.2, 0) is 4.79 Å². The Kier molecular flexibility index (Phi) is 3.69. The van der Waals surface area contributed by atoms with Gasteiger partial charge in [0.2, 0.25) is 0 Å². The molecule has 0 unspecified atom stereocenters. The van der Waals surface area contributed by atoms with Crippen molar-refractivity contribution in [2.75, 3.05) is 0 Å². The average Bonchev–Trinajstić information content (AvgIpc) is 1.27. The summed E-state index contributed by atoms with van der Waals surface area (Å²) in [6, 6.07) is 0. The summed E-state index contributed by atoms with van der Waals surface area (Å²) in [5.74, 6) is 0. The Morgan fingerprint density at radius 2 is 2.00 bits per heavy atom. The van der Waals surface area contributed by atoms with E-state index >= 15 is 0 Å². The predicted octanol–water partition coefficient (Wildman–Crippen LogP) is 1.09. The molecule has 40 valence electrons. The molecular weight excluding hydrogens is 148 g/mol. The standard InChI is InChI=1S/C3H4OS3/c4-2(5)1-3(6)7/h1H2,(H,4,5)(H,6,7). The number of carbonyl (C=O) groups excluding carboxylic acids is 1. The van der Waals surface area contributed by atoms with E-state index in [9.17, 15) is 4.79 Å². The minimum atomic E-state index is -0.236. The van der Waals surface area contributed by atoms with E-state index in [2.05, 4.69) is 37.5 Å². The molecule has 0 atom stereocenters. The molecule has 4 heteroatoms. The Labute approximate surface area is 58.3 Å². The first-order chi connectivity index (χ1) is 3.13. The number of rotatable bonds is 2. The van der Waals surface area contributed by atoms with E-state index in [4.69, 9.17) is 0 Å². The highest BCUT2D eigenvalue weighted by molar-refractivity contribution is 8.11. The largest absolute Gasteiger partial charge is 0.287 e. The van der Waals surface area contributed by atoms with Crippen LogP contribution < -0.4 is 0 Å². The van der Waals surface area contributed by atoms with Crippen LogP contribution in [0.1, 0.15) is 6.42 Å². The van der Waals surface area contributed by atoms with Gasteiger partial charge in [-0.3, -0.25) is 4.79 Å². The molecule has 0 aromatic rings. The van der Waals surface area contributed by atoms with Crippen LogP contribution in [0, 0.1) is 0 Å². The van der Waals surface area contributed by atoms with Crippen molar-refractivity contribution < 1.29 is 4.79 Å². The molecule has 0 bridgehead atoms. The lowest BCUT2D eigenvalue weighted by Crippen LogP contribution is -1.89. The van der Waals surface area contributed by atoms with Gasteiger partial charge in [0.25, 0.3) is 0 Å². The molecule has 0 aromatic heterocycles. The van der Waals surface area contributed by atoms with E-state index in [1.54, 1.807) is 0 Å². The third-order valence-electron chi connectivity index (χ3n) is 0.302. The molecule has 0 radical (unpaired) electrons. The molecule has 0 fully saturated rings. The monoisotopic (exact) mass is 152 g/mol. The van der Waals surface area contributed by atoms with Crippen molar-refractivity contribution in [3.8, 4) is 0 Å². The molecule has 0 amide bonds. The second-order valence-electron chi connectivity index (χ2n) is 0.964. The van der Waals surface area contributed by atoms with Crippen molar-refractivity contribution in [2.45, 2.75) is 6.42 Å². The van der Waals surface area contributed by atoms with E-state index < -0.39 is 0 Å². The minimum absolute atomic E-state index is 0.182. The van der Waals surface area contributed by atoms with Crippen molar-refractivity contribution in [3.05, 3.63) is 0 Å². The highest BCUT2D eigenvalue weighted by Gasteiger charge is 1.93. The summed E-state index contributed by atoms with van der Waals surface area (Å²) in [4.78, 5) is 9.98. The Balaban J connectivity index is 3.32. The van der Waals surface area contributed by atoms with Gasteiger partial charge in [0.1, 0.15) is 0 Å². The van der Waals surface area contributed by atoms with E-state index in [0.717, 1.165) is 0 Å². The van der Waals surface area contributed by atoms with Gasteiger partial charge in [-0.2, -0.15) is 0 Å². The fraction of sp³-hybridized carbons (Fsp3) is 0.333. The lowest BCUT2D eigenvalue weighted by Gasteiger charge is -1.83. The second-order valence-corrected chi connectivity index (χ2v) is 2.80. The molecule has 0 heterocycles. The summed E-state index contributed by atoms with van der Waals surface area (Å²) in [6.07, 6.45) is 0.182. The lowest BCUT2D eigenvalue weighted by atomic mass is 10.5. The van der Waals surface area contributed by atoms with Crippen molar-refractivity contribution in [1.29, 1.82) is 0 Å². The van der Waals surface area contributed by atoms with E-state index in [1.165, 1.54) is 0 Å². The quantitative estimate of drug-likeness (QED) is 0.455. The Bertz CT molecular complexity index is 86.4. The molecule has 0 saturated heterocycles. The Morgan fingerprint density at radius 3 is 2.00 bits per heavy atom. The first kappa shape index (κ1) is 7.46. The fourth-order valence-electron chi connectivity index (χ4n) is 0.129. The molecule has 0 aromatic carbocycles. The minimum Gasteiger partial charge on any atom is -0.287 e. The molecule has 0 saturated carbocycles. The summed E-state index contributed by atoms with van der Waals surface area (Å²) in [6.45, 7) is 0. The Morgan fingerprint density at radius 1 is 1.57 bits per heavy atom. The van der Waals surface area contributed by atoms with E-state index in [0.29, 0.717) is 4.20 Å². The SMILES string of the molecule is O=C(S)CC(=S)S. The third kappa shape index (κ3) is 6.46. The van der Waals surface area contributed by atoms with Crippen LogP contribution in [-0.4, -0.2) is 9.31 Å². The van der Waals surface area contributed by atoms with Crippen LogP contribution in [0.15, 0.2) is 0 Å². The maximum Gasteiger partial charge on any atom is 0.191 e. The molecule has 0 rings (SSSR count). The van der Waals surface area contributed by atoms with Crippen molar-refractivity contribution in [2.24, 2.45) is 0 Å². The zero-order valence-corrected chi connectivity index (χ0v) is 6.02. The average molecular weight is 152 g/mol. The van der Waals surface area contributed by atoms with Crippen LogP contribution >= 0.6 is 37.5 Å². The summed E-state index contributed by atoms with van der Waals surface area (Å²) in [7, 11) is 0. The first-order valence-electron chi connectivity index (χ1n) is 1.56. The molecule has 0 spiro atoms. The normalized spacial score (nSPS) is 8.29. The molecule has 0 aliphatic carbocycles. The van der Waals surface area contributed by atoms with Gasteiger partial charge in [0.15, 0.2) is 5.12 Å². The van der Waals surface area contributed by atoms with Crippen LogP contribution in [0.2, 0.25) is 0 Å². The fourth-order valence-corrected chi connectivity index (χ4v) is 0.794. The summed E-state index contributed by atoms with van der Waals surface area (Å²) in [5, 5.41) is -0.236. The highest BCUT2D eigenvalue weighted by atomic mass is 32.1. The molecular formula is C3H4OS3. The molecule has 0 N–H and O–H groups in total. The van der Waals surface area contributed by atoms with Crippen molar-refractivity contribution >= 4 is 46.8 Å². The summed E-state index contributed by atoms with van der Waals surface area (Å²) < 4.78 is 0.389. The van der Waals surface area contributed by atoms with Gasteiger partial charge in [-0.15, -0.1) is 25.3 Å². The number of hydrogen-bond donors (Lipinski definition) is 2. The van der Waals surface area contributed by atoms with Gasteiger partial charge >= 0.3 is 0 Å². The zero-order chi connectivity index (χ0) is 5.86. The maximum atomic E-state index is 9.98. The summed E-state index contributed by atoms with van der Waals surface area (Å²) >= 11 is 11.6. The first-order valence-corrected chi connectivity index (χ1v) is 2.87. The lowest BCUT2D eigenvalue weighted by molar-refractivity contribution is -0.109. The number of thiol groups is 2. The predicted molar refractivity (Wildman–Crippen MR) is 40.2 cm³/mol. The smallest absolute Gasteiger partial charge is 0.191 e. The van der Waals surface area contributed by atoms with Gasteiger partial charge in [-0.1, -0.05) is 12.2 Å². The number of hydrogen-bond acceptors (Lipinski definition) is 2. The van der Waals surface area contributed by atoms with Gasteiger partial charge in [0, 0.05) is 0 Å². The molecule has 0 aliphatic rings. The van der Waals surface area contributed by atoms with Crippen molar-refractivity contribution in [1.82, 2.24) is 0 Å². The van der Waals surface area contributed by atoms with E-state index in [-0.39, 0.29) is 11.5 Å². The molecule has 0 aliphatic heterocycles. The van der Waals surface area contributed by atoms with Crippen LogP contribution in [0.25, 0.3) is 0 Å². The molecule has 7 heavy (non-hydrogen) atoms. The van der Waals surface area contributed by atoms with Crippen LogP contribution in [0.4, 0.5) is 0 Å². The topological polar surface area (TPSA) is 17.1 Å². The van der Waals surface area contributed by atoms with E-state index in [1.807, 2.05) is 0 Å². The van der Waals surface area contributed by atoms with Gasteiger partial charge < -0.3 is 0 Å². The maximum absolute atomic E-state index is 9.98. The third-order valence-corrected chi connectivity index (χ3v) is 0.763. The van der Waals surface area contributed by atoms with Crippen LogP contribution in [0.3, 0.4) is 0 Å². The van der Waals surface area contributed by atoms with Crippen LogP contribution in [0.5, 0.6) is 0 Å². The zero-order valence-electron chi connectivity index (χ0n) is 3.42. The number of thiocarbonyl (C=S) groups is 1. The number of carbonyl (C=O) groups is 1. The second kappa shape index (κ2) is 3.46. The summed E-state index contributed by atoms with van der Waals surface area (Å²) in [5.41, 5.74) is 0. The van der Waals surface area contributed by atoms with Gasteiger partial charge in [0.05, 0.1) is 10.6 Å². The van der Waals surface area contributed by atoms with Crippen molar-refractivity contribution in [3.63, 3.8) is 0 Å². The molecule has 1 nitrogen and oxygen atoms in total. The highest BCUT2D eigenvalue weighted by Crippen LogP contribution is 1.94. The van der Waals surface area contributed by atoms with Gasteiger partial charge in [-0.25, -0.2) is 0 Å². The Hall–Kier alpha value is 0.460.